The molecule has 1 aromatic rings. The number of hydrogen-bond donors (Lipinski definition) is 1. The molecule has 0 bridgehead atoms. The lowest BCUT2D eigenvalue weighted by atomic mass is 10.3. The summed E-state index contributed by atoms with van der Waals surface area (Å²) in [7, 11) is 0. The molecule has 1 rings (SSSR count). The average Bonchev–Trinajstić information content (AvgIpc) is 2.16. The van der Waals surface area contributed by atoms with E-state index in [-0.39, 0.29) is 4.75 Å². The minimum absolute atomic E-state index is 0.280. The third-order valence-electron chi connectivity index (χ3n) is 1.72. The zero-order valence-corrected chi connectivity index (χ0v) is 10.7. The highest BCUT2D eigenvalue weighted by Gasteiger charge is 2.10. The summed E-state index contributed by atoms with van der Waals surface area (Å²) >= 11 is 1.88. The molecule has 0 atom stereocenters. The van der Waals surface area contributed by atoms with E-state index in [2.05, 4.69) is 36.1 Å². The highest BCUT2D eigenvalue weighted by atomic mass is 32.2. The fourth-order valence-electron chi connectivity index (χ4n) is 0.992. The SMILES string of the molecule is CCNc1cnc(CSC(C)(C)C)cn1. The van der Waals surface area contributed by atoms with Crippen molar-refractivity contribution < 1.29 is 0 Å². The summed E-state index contributed by atoms with van der Waals surface area (Å²) in [4.78, 5) is 8.64. The monoisotopic (exact) mass is 225 g/mol. The van der Waals surface area contributed by atoms with Crippen molar-refractivity contribution in [1.29, 1.82) is 0 Å². The Kier molecular flexibility index (Phi) is 4.39. The lowest BCUT2D eigenvalue weighted by molar-refractivity contribution is 0.801. The Morgan fingerprint density at radius 3 is 2.47 bits per heavy atom. The highest BCUT2D eigenvalue weighted by Crippen LogP contribution is 2.26. The smallest absolute Gasteiger partial charge is 0.144 e. The number of rotatable bonds is 4. The molecule has 4 heteroatoms. The Hall–Kier alpha value is -0.770. The van der Waals surface area contributed by atoms with Crippen LogP contribution in [0.15, 0.2) is 12.4 Å². The molecule has 15 heavy (non-hydrogen) atoms. The van der Waals surface area contributed by atoms with Gasteiger partial charge in [0.1, 0.15) is 5.82 Å². The first-order chi connectivity index (χ1) is 7.01. The summed E-state index contributed by atoms with van der Waals surface area (Å²) in [6.45, 7) is 9.55. The van der Waals surface area contributed by atoms with Crippen molar-refractivity contribution in [2.75, 3.05) is 11.9 Å². The fraction of sp³-hybridized carbons (Fsp3) is 0.636. The second-order valence-corrected chi connectivity index (χ2v) is 6.13. The van der Waals surface area contributed by atoms with Gasteiger partial charge in [-0.25, -0.2) is 4.98 Å². The van der Waals surface area contributed by atoms with E-state index in [1.54, 1.807) is 6.20 Å². The molecular weight excluding hydrogens is 206 g/mol. The molecule has 0 fully saturated rings. The van der Waals surface area contributed by atoms with Crippen LogP contribution in [0.3, 0.4) is 0 Å². The van der Waals surface area contributed by atoms with Gasteiger partial charge in [0.25, 0.3) is 0 Å². The summed E-state index contributed by atoms with van der Waals surface area (Å²) in [6.07, 6.45) is 3.64. The van der Waals surface area contributed by atoms with Crippen molar-refractivity contribution in [1.82, 2.24) is 9.97 Å². The minimum Gasteiger partial charge on any atom is -0.369 e. The quantitative estimate of drug-likeness (QED) is 0.855. The van der Waals surface area contributed by atoms with Gasteiger partial charge in [0.05, 0.1) is 18.1 Å². The van der Waals surface area contributed by atoms with Crippen LogP contribution in [0.1, 0.15) is 33.4 Å². The summed E-state index contributed by atoms with van der Waals surface area (Å²) in [5, 5.41) is 3.13. The van der Waals surface area contributed by atoms with Gasteiger partial charge in [0.15, 0.2) is 0 Å². The van der Waals surface area contributed by atoms with E-state index >= 15 is 0 Å². The number of anilines is 1. The number of hydrogen-bond acceptors (Lipinski definition) is 4. The van der Waals surface area contributed by atoms with Crippen LogP contribution in [0.4, 0.5) is 5.82 Å². The van der Waals surface area contributed by atoms with E-state index in [4.69, 9.17) is 0 Å². The minimum atomic E-state index is 0.280. The molecule has 0 saturated heterocycles. The predicted molar refractivity (Wildman–Crippen MR) is 67.2 cm³/mol. The predicted octanol–water partition coefficient (Wildman–Crippen LogP) is 2.94. The zero-order chi connectivity index (χ0) is 11.3. The van der Waals surface area contributed by atoms with E-state index in [0.29, 0.717) is 0 Å². The van der Waals surface area contributed by atoms with Crippen molar-refractivity contribution in [3.63, 3.8) is 0 Å². The molecule has 0 saturated carbocycles. The van der Waals surface area contributed by atoms with Crippen molar-refractivity contribution in [3.8, 4) is 0 Å². The van der Waals surface area contributed by atoms with E-state index < -0.39 is 0 Å². The van der Waals surface area contributed by atoms with Gasteiger partial charge in [-0.15, -0.1) is 11.8 Å². The van der Waals surface area contributed by atoms with Gasteiger partial charge in [-0.3, -0.25) is 4.98 Å². The number of thioether (sulfide) groups is 1. The van der Waals surface area contributed by atoms with Crippen molar-refractivity contribution in [2.45, 2.75) is 38.2 Å². The van der Waals surface area contributed by atoms with Gasteiger partial charge in [0.2, 0.25) is 0 Å². The van der Waals surface area contributed by atoms with Crippen LogP contribution in [0, 0.1) is 0 Å². The standard InChI is InChI=1S/C11H19N3S/c1-5-12-10-7-13-9(6-14-10)8-15-11(2,3)4/h6-7H,5,8H2,1-4H3,(H,12,14). The maximum absolute atomic E-state index is 4.35. The second-order valence-electron chi connectivity index (χ2n) is 4.32. The van der Waals surface area contributed by atoms with Crippen LogP contribution in [-0.2, 0) is 5.75 Å². The zero-order valence-electron chi connectivity index (χ0n) is 9.87. The molecule has 0 aliphatic carbocycles. The van der Waals surface area contributed by atoms with Gasteiger partial charge < -0.3 is 5.32 Å². The lowest BCUT2D eigenvalue weighted by Gasteiger charge is -2.16. The summed E-state index contributed by atoms with van der Waals surface area (Å²) in [5.41, 5.74) is 1.04. The lowest BCUT2D eigenvalue weighted by Crippen LogP contribution is -2.08. The van der Waals surface area contributed by atoms with Crippen LogP contribution in [0.5, 0.6) is 0 Å². The van der Waals surface area contributed by atoms with Gasteiger partial charge in [-0.1, -0.05) is 20.8 Å². The van der Waals surface area contributed by atoms with Gasteiger partial charge in [-0.05, 0) is 6.92 Å². The second kappa shape index (κ2) is 5.35. The molecule has 3 nitrogen and oxygen atoms in total. The number of nitrogens with zero attached hydrogens (tertiary/aromatic N) is 2. The summed E-state index contributed by atoms with van der Waals surface area (Å²) < 4.78 is 0.280. The maximum Gasteiger partial charge on any atom is 0.144 e. The van der Waals surface area contributed by atoms with Gasteiger partial charge in [0, 0.05) is 17.0 Å². The van der Waals surface area contributed by atoms with E-state index in [0.717, 1.165) is 23.8 Å². The number of aromatic nitrogens is 2. The maximum atomic E-state index is 4.35. The fourth-order valence-corrected chi connectivity index (χ4v) is 1.72. The Morgan fingerprint density at radius 2 is 2.00 bits per heavy atom. The first-order valence-corrected chi connectivity index (χ1v) is 6.18. The highest BCUT2D eigenvalue weighted by molar-refractivity contribution is 7.99. The molecule has 0 aliphatic rings. The Bertz CT molecular complexity index is 290. The third-order valence-corrected chi connectivity index (χ3v) is 3.02. The van der Waals surface area contributed by atoms with Crippen molar-refractivity contribution in [2.24, 2.45) is 0 Å². The molecule has 1 N–H and O–H groups in total. The summed E-state index contributed by atoms with van der Waals surface area (Å²) in [5.74, 6) is 1.77. The van der Waals surface area contributed by atoms with Gasteiger partial charge in [-0.2, -0.15) is 0 Å². The van der Waals surface area contributed by atoms with Crippen LogP contribution >= 0.6 is 11.8 Å². The molecule has 0 spiro atoms. The molecule has 0 aromatic carbocycles. The Morgan fingerprint density at radius 1 is 1.27 bits per heavy atom. The Balaban J connectivity index is 2.50. The van der Waals surface area contributed by atoms with Crippen molar-refractivity contribution in [3.05, 3.63) is 18.1 Å². The molecular formula is C11H19N3S. The number of nitrogens with one attached hydrogen (secondary N) is 1. The molecule has 0 unspecified atom stereocenters. The molecule has 0 amide bonds. The molecule has 0 aliphatic heterocycles. The first kappa shape index (κ1) is 12.3. The first-order valence-electron chi connectivity index (χ1n) is 5.20. The van der Waals surface area contributed by atoms with Crippen LogP contribution < -0.4 is 5.32 Å². The van der Waals surface area contributed by atoms with Crippen LogP contribution in [-0.4, -0.2) is 21.3 Å². The van der Waals surface area contributed by atoms with Crippen LogP contribution in [0.2, 0.25) is 0 Å². The molecule has 0 radical (unpaired) electrons. The largest absolute Gasteiger partial charge is 0.369 e. The Labute approximate surface area is 96.1 Å². The molecule has 84 valence electrons. The topological polar surface area (TPSA) is 37.8 Å². The average molecular weight is 225 g/mol. The molecule has 1 heterocycles. The van der Waals surface area contributed by atoms with E-state index in [1.165, 1.54) is 0 Å². The van der Waals surface area contributed by atoms with Crippen molar-refractivity contribution >= 4 is 17.6 Å². The van der Waals surface area contributed by atoms with E-state index in [9.17, 15) is 0 Å². The third kappa shape index (κ3) is 5.02. The summed E-state index contributed by atoms with van der Waals surface area (Å²) in [6, 6.07) is 0. The normalized spacial score (nSPS) is 11.5. The van der Waals surface area contributed by atoms with E-state index in [1.807, 2.05) is 24.9 Å². The van der Waals surface area contributed by atoms with Crippen LogP contribution in [0.25, 0.3) is 0 Å². The van der Waals surface area contributed by atoms with Gasteiger partial charge >= 0.3 is 0 Å². The molecule has 1 aromatic heterocycles.